The van der Waals surface area contributed by atoms with Crippen molar-refractivity contribution in [2.45, 2.75) is 0 Å². The van der Waals surface area contributed by atoms with Gasteiger partial charge in [-0.2, -0.15) is 0 Å². The third-order valence-corrected chi connectivity index (χ3v) is 10.7. The monoisotopic (exact) mass is 910 g/mol. The Hall–Kier alpha value is -9.54. The van der Waals surface area contributed by atoms with Crippen molar-refractivity contribution in [1.29, 1.82) is 0 Å². The Kier molecular flexibility index (Phi) is 14.7. The van der Waals surface area contributed by atoms with Crippen LogP contribution in [0.5, 0.6) is 34.5 Å². The van der Waals surface area contributed by atoms with Gasteiger partial charge in [0.05, 0.1) is 12.5 Å². The van der Waals surface area contributed by atoms with Crippen LogP contribution in [0, 0.1) is 0 Å². The number of esters is 2. The third-order valence-electron chi connectivity index (χ3n) is 10.7. The van der Waals surface area contributed by atoms with Gasteiger partial charge in [-0.1, -0.05) is 74.8 Å². The minimum Gasteiger partial charge on any atom is -0.466 e. The van der Waals surface area contributed by atoms with Gasteiger partial charge in [0.2, 0.25) is 6.79 Å². The molecule has 0 aromatic heterocycles. The lowest BCUT2D eigenvalue weighted by atomic mass is 10.0. The number of hydrogen-bond acceptors (Lipinski definition) is 10. The summed E-state index contributed by atoms with van der Waals surface area (Å²) < 4.78 is 33.4. The van der Waals surface area contributed by atoms with Gasteiger partial charge in [0.25, 0.3) is 0 Å². The van der Waals surface area contributed by atoms with Crippen LogP contribution in [0.2, 0.25) is 0 Å². The van der Waals surface area contributed by atoms with E-state index in [1.54, 1.807) is 24.3 Å². The maximum absolute atomic E-state index is 11.8. The fourth-order valence-corrected chi connectivity index (χ4v) is 7.34. The summed E-state index contributed by atoms with van der Waals surface area (Å²) in [7, 11) is 0. The second kappa shape index (κ2) is 22.1. The Labute approximate surface area is 401 Å². The van der Waals surface area contributed by atoms with Crippen molar-refractivity contribution in [1.82, 2.24) is 0 Å². The highest BCUT2D eigenvalue weighted by atomic mass is 16.7. The molecule has 8 aromatic carbocycles. The molecule has 0 bridgehead atoms. The molecule has 0 atom stereocenters. The van der Waals surface area contributed by atoms with E-state index in [1.165, 1.54) is 12.5 Å². The van der Waals surface area contributed by atoms with Gasteiger partial charge in [-0.25, -0.2) is 9.59 Å². The topological polar surface area (TPSA) is 96.0 Å². The summed E-state index contributed by atoms with van der Waals surface area (Å²) in [5.41, 5.74) is 9.47. The Morgan fingerprint density at radius 3 is 0.826 bits per heavy atom. The molecule has 10 heteroatoms. The average molecular weight is 911 g/mol. The Morgan fingerprint density at radius 1 is 0.333 bits per heavy atom. The van der Waals surface area contributed by atoms with Crippen LogP contribution in [0.3, 0.4) is 0 Å². The van der Waals surface area contributed by atoms with Crippen LogP contribution < -0.4 is 38.2 Å². The van der Waals surface area contributed by atoms with Crippen molar-refractivity contribution in [3.8, 4) is 56.8 Å². The zero-order valence-electron chi connectivity index (χ0n) is 37.5. The van der Waals surface area contributed by atoms with Gasteiger partial charge in [-0.3, -0.25) is 0 Å². The van der Waals surface area contributed by atoms with Crippen LogP contribution in [0.15, 0.2) is 245 Å². The van der Waals surface area contributed by atoms with E-state index in [9.17, 15) is 9.59 Å². The number of nitrogens with zero attached hydrogens (tertiary/aromatic N) is 2. The summed E-state index contributed by atoms with van der Waals surface area (Å²) in [5.74, 6) is 2.48. The molecule has 0 N–H and O–H groups in total. The lowest BCUT2D eigenvalue weighted by molar-refractivity contribution is -0.129. The van der Waals surface area contributed by atoms with E-state index in [0.717, 1.165) is 68.5 Å². The van der Waals surface area contributed by atoms with Gasteiger partial charge >= 0.3 is 11.9 Å². The van der Waals surface area contributed by atoms with Crippen molar-refractivity contribution in [3.63, 3.8) is 0 Å². The lowest BCUT2D eigenvalue weighted by Gasteiger charge is -2.26. The summed E-state index contributed by atoms with van der Waals surface area (Å²) in [6, 6.07) is 62.1. The average Bonchev–Trinajstić information content (AvgIpc) is 3.39. The molecule has 0 saturated heterocycles. The van der Waals surface area contributed by atoms with Gasteiger partial charge < -0.3 is 38.2 Å². The predicted octanol–water partition coefficient (Wildman–Crippen LogP) is 14.6. The smallest absolute Gasteiger partial charge is 0.335 e. The normalized spacial score (nSPS) is 10.4. The molecule has 0 fully saturated rings. The van der Waals surface area contributed by atoms with E-state index >= 15 is 0 Å². The number of hydrogen-bond donors (Lipinski definition) is 0. The zero-order valence-corrected chi connectivity index (χ0v) is 37.5. The van der Waals surface area contributed by atoms with Crippen LogP contribution in [0.25, 0.3) is 22.3 Å². The third kappa shape index (κ3) is 11.7. The fraction of sp³-hybridized carbons (Fsp3) is 0.0169. The molecule has 10 nitrogen and oxygen atoms in total. The molecular weight excluding hydrogens is 865 g/mol. The van der Waals surface area contributed by atoms with Gasteiger partial charge in [0.1, 0.15) is 34.5 Å². The Balaban J connectivity index is 0.891. The second-order valence-corrected chi connectivity index (χ2v) is 15.0. The molecule has 8 rings (SSSR count). The molecule has 0 spiro atoms. The van der Waals surface area contributed by atoms with Gasteiger partial charge in [-0.15, -0.1) is 0 Å². The highest BCUT2D eigenvalue weighted by molar-refractivity contribution is 5.85. The van der Waals surface area contributed by atoms with Crippen molar-refractivity contribution >= 4 is 46.1 Å². The minimum atomic E-state index is -0.522. The van der Waals surface area contributed by atoms with Crippen LogP contribution in [-0.4, -0.2) is 18.7 Å². The molecular formula is C59H46N2O8. The van der Waals surface area contributed by atoms with Crippen LogP contribution in [-0.2, 0) is 9.59 Å². The first-order chi connectivity index (χ1) is 33.8. The second-order valence-electron chi connectivity index (χ2n) is 15.0. The number of benzene rings is 8. The highest BCUT2D eigenvalue weighted by Gasteiger charge is 2.16. The minimum absolute atomic E-state index is 0.0322. The molecule has 0 aliphatic carbocycles. The van der Waals surface area contributed by atoms with Crippen LogP contribution in [0.4, 0.5) is 34.1 Å². The number of rotatable bonds is 20. The SMILES string of the molecule is C=COc1ccc(N(c2ccc(OC(=O)C=C)cc2)c2ccc(-c3ccc(OCOc4ccc(-c5ccc(N(c6ccc(OC=C)cc6)c6ccc(OC(=O)C=C)cc6)cc5)cc4)cc3)cc2)cc1. The maximum Gasteiger partial charge on any atom is 0.335 e. The molecule has 0 saturated carbocycles. The first kappa shape index (κ1) is 46.0. The maximum atomic E-state index is 11.8. The summed E-state index contributed by atoms with van der Waals surface area (Å²) in [6.07, 6.45) is 5.04. The Bertz CT molecular complexity index is 2810. The molecule has 0 aliphatic heterocycles. The first-order valence-electron chi connectivity index (χ1n) is 21.7. The predicted molar refractivity (Wildman–Crippen MR) is 273 cm³/mol. The van der Waals surface area contributed by atoms with E-state index in [-0.39, 0.29) is 6.79 Å². The molecule has 8 aromatic rings. The van der Waals surface area contributed by atoms with E-state index in [4.69, 9.17) is 28.4 Å². The summed E-state index contributed by atoms with van der Waals surface area (Å²) in [5, 5.41) is 0. The largest absolute Gasteiger partial charge is 0.466 e. The van der Waals surface area contributed by atoms with Crippen molar-refractivity contribution in [3.05, 3.63) is 245 Å². The summed E-state index contributed by atoms with van der Waals surface area (Å²) in [6.45, 7) is 14.3. The Morgan fingerprint density at radius 2 is 0.565 bits per heavy atom. The molecule has 0 amide bonds. The number of anilines is 6. The molecule has 340 valence electrons. The summed E-state index contributed by atoms with van der Waals surface area (Å²) in [4.78, 5) is 27.7. The van der Waals surface area contributed by atoms with Crippen molar-refractivity contribution < 1.29 is 38.0 Å². The van der Waals surface area contributed by atoms with E-state index in [0.29, 0.717) is 34.5 Å². The van der Waals surface area contributed by atoms with Crippen LogP contribution >= 0.6 is 0 Å². The zero-order chi connectivity index (χ0) is 48.0. The molecule has 0 aliphatic rings. The van der Waals surface area contributed by atoms with Gasteiger partial charge in [-0.05, 0) is 168 Å². The lowest BCUT2D eigenvalue weighted by Crippen LogP contribution is -2.10. The molecule has 0 unspecified atom stereocenters. The molecule has 0 heterocycles. The quantitative estimate of drug-likeness (QED) is 0.0242. The van der Waals surface area contributed by atoms with Crippen LogP contribution in [0.1, 0.15) is 0 Å². The summed E-state index contributed by atoms with van der Waals surface area (Å²) >= 11 is 0. The first-order valence-corrected chi connectivity index (χ1v) is 21.7. The van der Waals surface area contributed by atoms with Gasteiger partial charge in [0.15, 0.2) is 0 Å². The molecule has 0 radical (unpaired) electrons. The number of carbonyl (C=O) groups excluding carboxylic acids is 2. The van der Waals surface area contributed by atoms with E-state index in [1.807, 2.05) is 121 Å². The fourth-order valence-electron chi connectivity index (χ4n) is 7.34. The van der Waals surface area contributed by atoms with E-state index < -0.39 is 11.9 Å². The van der Waals surface area contributed by atoms with Crippen molar-refractivity contribution in [2.75, 3.05) is 16.6 Å². The van der Waals surface area contributed by atoms with Gasteiger partial charge in [0, 0.05) is 46.3 Å². The highest BCUT2D eigenvalue weighted by Crippen LogP contribution is 2.39. The molecule has 69 heavy (non-hydrogen) atoms. The van der Waals surface area contributed by atoms with E-state index in [2.05, 4.69) is 84.6 Å². The standard InChI is InChI=1S/C59H46N2O8/c1-5-58(62)68-56-37-25-50(26-38-56)60(48-21-33-52(34-22-48)64-7-3)46-17-9-42(10-18-46)44-13-29-54(30-14-44)66-41-67-55-31-15-45(16-32-55)43-11-19-47(20-12-43)61(49-23-35-53(36-24-49)65-8-4)51-27-39-57(40-28-51)69-59(63)6-2/h5-40H,1-4,41H2. The number of carbonyl (C=O) groups is 2. The van der Waals surface area contributed by atoms with Crippen molar-refractivity contribution in [2.24, 2.45) is 0 Å². The number of ether oxygens (including phenoxy) is 6.